The predicted molar refractivity (Wildman–Crippen MR) is 83.7 cm³/mol. The molecule has 0 amide bonds. The number of carbonyl (C=O) groups is 1. The van der Waals surface area contributed by atoms with Crippen molar-refractivity contribution in [3.63, 3.8) is 0 Å². The zero-order valence-electron chi connectivity index (χ0n) is 11.7. The summed E-state index contributed by atoms with van der Waals surface area (Å²) >= 11 is 0. The summed E-state index contributed by atoms with van der Waals surface area (Å²) in [5.74, 6) is 0.686. The van der Waals surface area contributed by atoms with Gasteiger partial charge in [0, 0.05) is 17.1 Å². The molecule has 0 spiro atoms. The van der Waals surface area contributed by atoms with Crippen molar-refractivity contribution < 1.29 is 9.53 Å². The molecule has 0 unspecified atom stereocenters. The Hall–Kier alpha value is -2.68. The van der Waals surface area contributed by atoms with E-state index < -0.39 is 0 Å². The largest absolute Gasteiger partial charge is 0.493 e. The van der Waals surface area contributed by atoms with E-state index >= 15 is 0 Å². The molecule has 1 heterocycles. The average Bonchev–Trinajstić information content (AvgIpc) is 2.54. The van der Waals surface area contributed by atoms with Gasteiger partial charge in [-0.25, -0.2) is 0 Å². The second kappa shape index (κ2) is 5.75. The van der Waals surface area contributed by atoms with Crippen molar-refractivity contribution in [1.82, 2.24) is 4.98 Å². The lowest BCUT2D eigenvalue weighted by Crippen LogP contribution is -1.99. The van der Waals surface area contributed by atoms with Gasteiger partial charge in [-0.15, -0.1) is 0 Å². The third-order valence-corrected chi connectivity index (χ3v) is 3.40. The Morgan fingerprint density at radius 1 is 1.10 bits per heavy atom. The van der Waals surface area contributed by atoms with Crippen LogP contribution in [-0.2, 0) is 0 Å². The zero-order chi connectivity index (χ0) is 14.7. The van der Waals surface area contributed by atoms with E-state index in [1.165, 1.54) is 0 Å². The highest BCUT2D eigenvalue weighted by atomic mass is 16.5. The van der Waals surface area contributed by atoms with E-state index in [-0.39, 0.29) is 0 Å². The Morgan fingerprint density at radius 2 is 1.95 bits per heavy atom. The molecule has 0 bridgehead atoms. The van der Waals surface area contributed by atoms with Gasteiger partial charge in [0.05, 0.1) is 17.9 Å². The Labute approximate surface area is 123 Å². The number of hydrogen-bond acceptors (Lipinski definition) is 3. The van der Waals surface area contributed by atoms with E-state index in [1.54, 1.807) is 12.3 Å². The summed E-state index contributed by atoms with van der Waals surface area (Å²) in [5, 5.41) is 2.10. The van der Waals surface area contributed by atoms with Crippen LogP contribution in [0.4, 0.5) is 0 Å². The summed E-state index contributed by atoms with van der Waals surface area (Å²) < 4.78 is 5.68. The maximum Gasteiger partial charge on any atom is 0.150 e. The van der Waals surface area contributed by atoms with E-state index in [9.17, 15) is 4.79 Å². The van der Waals surface area contributed by atoms with Crippen molar-refractivity contribution in [3.05, 3.63) is 60.3 Å². The second-order valence-corrected chi connectivity index (χ2v) is 4.65. The molecule has 3 rings (SSSR count). The smallest absolute Gasteiger partial charge is 0.150 e. The molecule has 3 aromatic rings. The maximum absolute atomic E-state index is 11.4. The third-order valence-electron chi connectivity index (χ3n) is 3.40. The van der Waals surface area contributed by atoms with Crippen LogP contribution in [0, 0.1) is 0 Å². The number of carbonyl (C=O) groups excluding carboxylic acids is 1. The highest BCUT2D eigenvalue weighted by Gasteiger charge is 2.15. The van der Waals surface area contributed by atoms with E-state index in [0.717, 1.165) is 28.3 Å². The monoisotopic (exact) mass is 277 g/mol. The molecule has 1 aromatic heterocycles. The summed E-state index contributed by atoms with van der Waals surface area (Å²) in [6, 6.07) is 15.4. The van der Waals surface area contributed by atoms with Gasteiger partial charge in [-0.2, -0.15) is 0 Å². The highest BCUT2D eigenvalue weighted by Crippen LogP contribution is 2.35. The van der Waals surface area contributed by atoms with Crippen LogP contribution in [0.2, 0.25) is 0 Å². The Bertz CT molecular complexity index is 791. The van der Waals surface area contributed by atoms with Crippen LogP contribution in [0.15, 0.2) is 54.7 Å². The molecule has 3 nitrogen and oxygen atoms in total. The van der Waals surface area contributed by atoms with E-state index in [4.69, 9.17) is 4.74 Å². The molecule has 0 atom stereocenters. The number of ether oxygens (including phenoxy) is 1. The Kier molecular flexibility index (Phi) is 3.65. The minimum atomic E-state index is 0.542. The molecule has 0 aliphatic heterocycles. The second-order valence-electron chi connectivity index (χ2n) is 4.65. The summed E-state index contributed by atoms with van der Waals surface area (Å²) in [7, 11) is 0. The zero-order valence-corrected chi connectivity index (χ0v) is 11.7. The summed E-state index contributed by atoms with van der Waals surface area (Å²) in [5.41, 5.74) is 2.12. The Balaban J connectivity index is 2.34. The molecular weight excluding hydrogens is 262 g/mol. The van der Waals surface area contributed by atoms with Gasteiger partial charge in [0.25, 0.3) is 0 Å². The standard InChI is InChI=1S/C18H15NO2/c1-2-21-16-9-5-7-14(12-20)17(16)18-15-8-4-3-6-13(15)10-11-19-18/h3-12H,2H2,1H3. The predicted octanol–water partition coefficient (Wildman–Crippen LogP) is 4.11. The van der Waals surface area contributed by atoms with Crippen molar-refractivity contribution in [1.29, 1.82) is 0 Å². The van der Waals surface area contributed by atoms with Crippen LogP contribution in [0.25, 0.3) is 22.0 Å². The third kappa shape index (κ3) is 2.38. The van der Waals surface area contributed by atoms with Crippen molar-refractivity contribution in [2.45, 2.75) is 6.92 Å². The first kappa shape index (κ1) is 13.3. The number of rotatable bonds is 4. The van der Waals surface area contributed by atoms with Crippen LogP contribution >= 0.6 is 0 Å². The van der Waals surface area contributed by atoms with E-state index in [1.807, 2.05) is 49.4 Å². The first-order valence-electron chi connectivity index (χ1n) is 6.90. The number of fused-ring (bicyclic) bond motifs is 1. The fourth-order valence-electron chi connectivity index (χ4n) is 2.49. The minimum Gasteiger partial charge on any atom is -0.493 e. The first-order chi connectivity index (χ1) is 10.3. The lowest BCUT2D eigenvalue weighted by molar-refractivity contribution is 0.112. The molecule has 104 valence electrons. The number of pyridine rings is 1. The molecule has 0 aliphatic rings. The number of nitrogens with zero attached hydrogens (tertiary/aromatic N) is 1. The SMILES string of the molecule is CCOc1cccc(C=O)c1-c1nccc2ccccc12. The minimum absolute atomic E-state index is 0.542. The van der Waals surface area contributed by atoms with Gasteiger partial charge >= 0.3 is 0 Å². The number of hydrogen-bond donors (Lipinski definition) is 0. The van der Waals surface area contributed by atoms with Gasteiger partial charge in [0.15, 0.2) is 6.29 Å². The molecule has 0 saturated carbocycles. The van der Waals surface area contributed by atoms with Crippen LogP contribution in [0.3, 0.4) is 0 Å². The highest BCUT2D eigenvalue weighted by molar-refractivity contribution is 6.00. The first-order valence-corrected chi connectivity index (χ1v) is 6.90. The van der Waals surface area contributed by atoms with Gasteiger partial charge in [0.1, 0.15) is 5.75 Å². The molecule has 0 fully saturated rings. The summed E-state index contributed by atoms with van der Waals surface area (Å²) in [6.07, 6.45) is 2.61. The molecular formula is C18H15NO2. The lowest BCUT2D eigenvalue weighted by Gasteiger charge is -2.13. The van der Waals surface area contributed by atoms with Gasteiger partial charge in [0.2, 0.25) is 0 Å². The molecule has 0 saturated heterocycles. The van der Waals surface area contributed by atoms with Crippen molar-refractivity contribution in [3.8, 4) is 17.0 Å². The van der Waals surface area contributed by atoms with Crippen molar-refractivity contribution in [2.24, 2.45) is 0 Å². The quantitative estimate of drug-likeness (QED) is 0.674. The van der Waals surface area contributed by atoms with Crippen LogP contribution < -0.4 is 4.74 Å². The van der Waals surface area contributed by atoms with Crippen LogP contribution in [0.5, 0.6) is 5.75 Å². The van der Waals surface area contributed by atoms with Gasteiger partial charge in [-0.1, -0.05) is 36.4 Å². The normalized spacial score (nSPS) is 10.5. The molecule has 0 radical (unpaired) electrons. The lowest BCUT2D eigenvalue weighted by atomic mass is 9.99. The molecule has 3 heteroatoms. The molecule has 2 aromatic carbocycles. The molecule has 0 N–H and O–H groups in total. The van der Waals surface area contributed by atoms with E-state index in [2.05, 4.69) is 4.98 Å². The fraction of sp³-hybridized carbons (Fsp3) is 0.111. The summed E-state index contributed by atoms with van der Waals surface area (Å²) in [6.45, 7) is 2.47. The van der Waals surface area contributed by atoms with Crippen LogP contribution in [-0.4, -0.2) is 17.9 Å². The van der Waals surface area contributed by atoms with Gasteiger partial charge in [-0.3, -0.25) is 9.78 Å². The number of aromatic nitrogens is 1. The molecule has 21 heavy (non-hydrogen) atoms. The van der Waals surface area contributed by atoms with E-state index in [0.29, 0.717) is 17.9 Å². The fourth-order valence-corrected chi connectivity index (χ4v) is 2.49. The van der Waals surface area contributed by atoms with Crippen molar-refractivity contribution >= 4 is 17.1 Å². The Morgan fingerprint density at radius 3 is 2.76 bits per heavy atom. The van der Waals surface area contributed by atoms with Gasteiger partial charge < -0.3 is 4.74 Å². The average molecular weight is 277 g/mol. The molecule has 0 aliphatic carbocycles. The van der Waals surface area contributed by atoms with Crippen LogP contribution in [0.1, 0.15) is 17.3 Å². The van der Waals surface area contributed by atoms with Gasteiger partial charge in [-0.05, 0) is 24.4 Å². The van der Waals surface area contributed by atoms with Crippen molar-refractivity contribution in [2.75, 3.05) is 6.61 Å². The summed E-state index contributed by atoms with van der Waals surface area (Å²) in [4.78, 5) is 15.9. The number of aldehydes is 1. The topological polar surface area (TPSA) is 39.2 Å². The maximum atomic E-state index is 11.4. The number of benzene rings is 2.